The fraction of sp³-hybridized carbons (Fsp3) is 0.476. The van der Waals surface area contributed by atoms with E-state index in [0.29, 0.717) is 17.9 Å². The van der Waals surface area contributed by atoms with Crippen LogP contribution in [0.4, 0.5) is 0 Å². The number of esters is 1. The molecule has 0 saturated carbocycles. The van der Waals surface area contributed by atoms with E-state index < -0.39 is 0 Å². The van der Waals surface area contributed by atoms with E-state index >= 15 is 0 Å². The van der Waals surface area contributed by atoms with Crippen molar-refractivity contribution in [2.45, 2.75) is 32.2 Å². The lowest BCUT2D eigenvalue weighted by Gasteiger charge is -2.29. The first-order valence-corrected chi connectivity index (χ1v) is 9.76. The number of hydrogen-bond acceptors (Lipinski definition) is 5. The summed E-state index contributed by atoms with van der Waals surface area (Å²) in [6.45, 7) is 3.80. The van der Waals surface area contributed by atoms with Crippen molar-refractivity contribution in [3.05, 3.63) is 42.4 Å². The Morgan fingerprint density at radius 2 is 2.11 bits per heavy atom. The number of methoxy groups -OCH3 is 1. The first-order chi connectivity index (χ1) is 13.6. The zero-order chi connectivity index (χ0) is 19.9. The zero-order valence-corrected chi connectivity index (χ0v) is 16.4. The largest absolute Gasteiger partial charge is 0.469 e. The number of carbonyl (C=O) groups is 2. The maximum Gasteiger partial charge on any atom is 0.310 e. The summed E-state index contributed by atoms with van der Waals surface area (Å²) in [4.78, 5) is 32.0. The molecule has 1 aliphatic heterocycles. The molecule has 0 aliphatic carbocycles. The van der Waals surface area contributed by atoms with Gasteiger partial charge in [0.2, 0.25) is 0 Å². The van der Waals surface area contributed by atoms with E-state index in [1.165, 1.54) is 7.11 Å². The second-order valence-electron chi connectivity index (χ2n) is 7.38. The molecular formula is C21H28N4O3. The molecule has 2 aromatic rings. The SMILES string of the molecule is COC(=O)[C@H](CC1CCCNC1)C(C)NC(=O)c1ccc(-c2cnc[nH]2)cc1. The van der Waals surface area contributed by atoms with Gasteiger partial charge in [-0.15, -0.1) is 0 Å². The predicted molar refractivity (Wildman–Crippen MR) is 107 cm³/mol. The highest BCUT2D eigenvalue weighted by atomic mass is 16.5. The molecule has 2 unspecified atom stereocenters. The van der Waals surface area contributed by atoms with E-state index in [1.807, 2.05) is 19.1 Å². The van der Waals surface area contributed by atoms with Crippen molar-refractivity contribution in [2.24, 2.45) is 11.8 Å². The molecule has 1 saturated heterocycles. The molecule has 1 aromatic heterocycles. The van der Waals surface area contributed by atoms with Crippen LogP contribution in [0.5, 0.6) is 0 Å². The summed E-state index contributed by atoms with van der Waals surface area (Å²) in [5, 5.41) is 6.35. The zero-order valence-electron chi connectivity index (χ0n) is 16.4. The maximum atomic E-state index is 12.7. The predicted octanol–water partition coefficient (Wildman–Crippen LogP) is 2.37. The third-order valence-electron chi connectivity index (χ3n) is 5.41. The number of ether oxygens (including phenoxy) is 1. The quantitative estimate of drug-likeness (QED) is 0.637. The summed E-state index contributed by atoms with van der Waals surface area (Å²) < 4.78 is 5.00. The number of aromatic nitrogens is 2. The number of hydrogen-bond donors (Lipinski definition) is 3. The Kier molecular flexibility index (Phi) is 6.81. The van der Waals surface area contributed by atoms with Crippen LogP contribution in [-0.4, -0.2) is 48.1 Å². The molecule has 7 heteroatoms. The fourth-order valence-corrected chi connectivity index (χ4v) is 3.75. The van der Waals surface area contributed by atoms with Gasteiger partial charge in [0, 0.05) is 11.6 Å². The van der Waals surface area contributed by atoms with E-state index in [-0.39, 0.29) is 23.8 Å². The highest BCUT2D eigenvalue weighted by Gasteiger charge is 2.30. The van der Waals surface area contributed by atoms with Gasteiger partial charge in [-0.2, -0.15) is 0 Å². The van der Waals surface area contributed by atoms with E-state index in [2.05, 4.69) is 20.6 Å². The number of nitrogens with one attached hydrogen (secondary N) is 3. The molecular weight excluding hydrogens is 356 g/mol. The molecule has 150 valence electrons. The van der Waals surface area contributed by atoms with Gasteiger partial charge in [0.05, 0.1) is 31.2 Å². The van der Waals surface area contributed by atoms with Gasteiger partial charge in [-0.1, -0.05) is 12.1 Å². The first kappa shape index (κ1) is 20.1. The van der Waals surface area contributed by atoms with Crippen molar-refractivity contribution < 1.29 is 14.3 Å². The van der Waals surface area contributed by atoms with Crippen LogP contribution in [-0.2, 0) is 9.53 Å². The van der Waals surface area contributed by atoms with Gasteiger partial charge in [-0.25, -0.2) is 4.98 Å². The topological polar surface area (TPSA) is 96.1 Å². The van der Waals surface area contributed by atoms with Gasteiger partial charge in [-0.05, 0) is 62.9 Å². The summed E-state index contributed by atoms with van der Waals surface area (Å²) in [5.74, 6) is -0.402. The first-order valence-electron chi connectivity index (χ1n) is 9.76. The molecule has 3 atom stereocenters. The molecule has 0 spiro atoms. The van der Waals surface area contributed by atoms with E-state index in [1.54, 1.807) is 24.7 Å². The van der Waals surface area contributed by atoms with Crippen LogP contribution in [0.2, 0.25) is 0 Å². The van der Waals surface area contributed by atoms with Crippen molar-refractivity contribution in [1.82, 2.24) is 20.6 Å². The minimum atomic E-state index is -0.358. The Hall–Kier alpha value is -2.67. The number of rotatable bonds is 7. The van der Waals surface area contributed by atoms with Crippen LogP contribution < -0.4 is 10.6 Å². The molecule has 1 aromatic carbocycles. The normalized spacial score (nSPS) is 18.9. The standard InChI is InChI=1S/C21H28N4O3/c1-14(18(21(27)28-2)10-15-4-3-9-22-11-15)25-20(26)17-7-5-16(6-8-17)19-12-23-13-24-19/h5-8,12-15,18,22H,3-4,9-11H2,1-2H3,(H,23,24)(H,25,26)/t14?,15?,18-/m1/s1. The minimum absolute atomic E-state index is 0.195. The molecule has 3 N–H and O–H groups in total. The van der Waals surface area contributed by atoms with Crippen molar-refractivity contribution in [2.75, 3.05) is 20.2 Å². The number of imidazole rings is 1. The van der Waals surface area contributed by atoms with E-state index in [4.69, 9.17) is 4.74 Å². The molecule has 0 bridgehead atoms. The number of carbonyl (C=O) groups excluding carboxylic acids is 2. The number of aromatic amines is 1. The molecule has 2 heterocycles. The Bertz CT molecular complexity index is 767. The maximum absolute atomic E-state index is 12.7. The van der Waals surface area contributed by atoms with Gasteiger partial charge < -0.3 is 20.4 Å². The molecule has 0 radical (unpaired) electrons. The van der Waals surface area contributed by atoms with Crippen molar-refractivity contribution in [3.63, 3.8) is 0 Å². The molecule has 28 heavy (non-hydrogen) atoms. The Balaban J connectivity index is 1.63. The average molecular weight is 384 g/mol. The molecule has 1 fully saturated rings. The molecule has 7 nitrogen and oxygen atoms in total. The Morgan fingerprint density at radius 3 is 2.71 bits per heavy atom. The van der Waals surface area contributed by atoms with Crippen LogP contribution in [0.15, 0.2) is 36.8 Å². The number of nitrogens with zero attached hydrogens (tertiary/aromatic N) is 1. The number of H-pyrrole nitrogens is 1. The van der Waals surface area contributed by atoms with Gasteiger partial charge in [-0.3, -0.25) is 9.59 Å². The third kappa shape index (κ3) is 4.98. The number of piperidine rings is 1. The second kappa shape index (κ2) is 9.50. The van der Waals surface area contributed by atoms with Crippen molar-refractivity contribution >= 4 is 11.9 Å². The monoisotopic (exact) mass is 384 g/mol. The van der Waals surface area contributed by atoms with E-state index in [9.17, 15) is 9.59 Å². The van der Waals surface area contributed by atoms with Crippen LogP contribution in [0.3, 0.4) is 0 Å². The summed E-state index contributed by atoms with van der Waals surface area (Å²) in [5.41, 5.74) is 2.41. The van der Waals surface area contributed by atoms with Crippen LogP contribution in [0, 0.1) is 11.8 Å². The summed E-state index contributed by atoms with van der Waals surface area (Å²) >= 11 is 0. The van der Waals surface area contributed by atoms with Gasteiger partial charge in [0.15, 0.2) is 0 Å². The lowest BCUT2D eigenvalue weighted by molar-refractivity contribution is -0.147. The number of amides is 1. The molecule has 3 rings (SSSR count). The highest BCUT2D eigenvalue weighted by Crippen LogP contribution is 2.23. The summed E-state index contributed by atoms with van der Waals surface area (Å²) in [6.07, 6.45) is 6.27. The van der Waals surface area contributed by atoms with Crippen molar-refractivity contribution in [3.8, 4) is 11.3 Å². The van der Waals surface area contributed by atoms with Crippen LogP contribution in [0.25, 0.3) is 11.3 Å². The minimum Gasteiger partial charge on any atom is -0.469 e. The smallest absolute Gasteiger partial charge is 0.310 e. The lowest BCUT2D eigenvalue weighted by atomic mass is 9.85. The summed E-state index contributed by atoms with van der Waals surface area (Å²) in [7, 11) is 1.40. The number of benzene rings is 1. The van der Waals surface area contributed by atoms with E-state index in [0.717, 1.165) is 37.2 Å². The van der Waals surface area contributed by atoms with Crippen molar-refractivity contribution in [1.29, 1.82) is 0 Å². The molecule has 1 amide bonds. The van der Waals surface area contributed by atoms with Crippen LogP contribution >= 0.6 is 0 Å². The average Bonchev–Trinajstić information content (AvgIpc) is 3.27. The fourth-order valence-electron chi connectivity index (χ4n) is 3.75. The Labute approximate surface area is 165 Å². The second-order valence-corrected chi connectivity index (χ2v) is 7.38. The molecule has 1 aliphatic rings. The third-order valence-corrected chi connectivity index (χ3v) is 5.41. The van der Waals surface area contributed by atoms with Gasteiger partial charge >= 0.3 is 5.97 Å². The van der Waals surface area contributed by atoms with Gasteiger partial charge in [0.25, 0.3) is 5.91 Å². The Morgan fingerprint density at radius 1 is 1.32 bits per heavy atom. The van der Waals surface area contributed by atoms with Gasteiger partial charge in [0.1, 0.15) is 0 Å². The van der Waals surface area contributed by atoms with Crippen LogP contribution in [0.1, 0.15) is 36.5 Å². The summed E-state index contributed by atoms with van der Waals surface area (Å²) in [6, 6.07) is 6.98. The highest BCUT2D eigenvalue weighted by molar-refractivity contribution is 5.95. The lowest BCUT2D eigenvalue weighted by Crippen LogP contribution is -2.44.